The van der Waals surface area contributed by atoms with Gasteiger partial charge in [-0.25, -0.2) is 13.8 Å². The molecule has 0 aliphatic heterocycles. The first-order chi connectivity index (χ1) is 9.95. The van der Waals surface area contributed by atoms with E-state index in [4.69, 9.17) is 16.3 Å². The SMILES string of the molecule is CC(C)NCc1nc(Oc2ccc(F)c(F)c2)ccc1Cl. The Hall–Kier alpha value is -1.72. The number of benzene rings is 1. The molecule has 112 valence electrons. The van der Waals surface area contributed by atoms with Crippen molar-refractivity contribution in [2.24, 2.45) is 0 Å². The molecule has 0 bridgehead atoms. The number of aromatic nitrogens is 1. The quantitative estimate of drug-likeness (QED) is 0.893. The molecule has 0 saturated carbocycles. The Bertz CT molecular complexity index is 635. The first-order valence-electron chi connectivity index (χ1n) is 6.47. The fourth-order valence-electron chi connectivity index (χ4n) is 1.61. The fourth-order valence-corrected chi connectivity index (χ4v) is 1.78. The van der Waals surface area contributed by atoms with Crippen LogP contribution in [0.3, 0.4) is 0 Å². The number of ether oxygens (including phenoxy) is 1. The highest BCUT2D eigenvalue weighted by Gasteiger charge is 2.08. The van der Waals surface area contributed by atoms with E-state index in [1.54, 1.807) is 12.1 Å². The molecule has 1 N–H and O–H groups in total. The lowest BCUT2D eigenvalue weighted by molar-refractivity contribution is 0.444. The third-order valence-corrected chi connectivity index (χ3v) is 3.03. The van der Waals surface area contributed by atoms with Gasteiger partial charge in [-0.05, 0) is 18.2 Å². The van der Waals surface area contributed by atoms with Crippen molar-refractivity contribution in [3.8, 4) is 11.6 Å². The maximum atomic E-state index is 13.1. The van der Waals surface area contributed by atoms with Gasteiger partial charge in [-0.2, -0.15) is 0 Å². The second-order valence-electron chi connectivity index (χ2n) is 4.79. The van der Waals surface area contributed by atoms with Gasteiger partial charge in [-0.3, -0.25) is 0 Å². The Balaban J connectivity index is 2.16. The van der Waals surface area contributed by atoms with E-state index in [-0.39, 0.29) is 11.6 Å². The van der Waals surface area contributed by atoms with Crippen LogP contribution in [0, 0.1) is 11.6 Å². The van der Waals surface area contributed by atoms with E-state index in [0.717, 1.165) is 12.1 Å². The van der Waals surface area contributed by atoms with Crippen LogP contribution >= 0.6 is 11.6 Å². The molecular weight excluding hydrogens is 298 g/mol. The Kier molecular flexibility index (Phi) is 5.09. The predicted molar refractivity (Wildman–Crippen MR) is 77.7 cm³/mol. The molecule has 0 saturated heterocycles. The molecule has 1 aromatic heterocycles. The fraction of sp³-hybridized carbons (Fsp3) is 0.267. The molecule has 0 unspecified atom stereocenters. The van der Waals surface area contributed by atoms with Gasteiger partial charge in [0.05, 0.1) is 10.7 Å². The van der Waals surface area contributed by atoms with Gasteiger partial charge in [0.1, 0.15) is 5.75 Å². The second kappa shape index (κ2) is 6.83. The minimum Gasteiger partial charge on any atom is -0.439 e. The molecule has 6 heteroatoms. The van der Waals surface area contributed by atoms with Crippen molar-refractivity contribution >= 4 is 11.6 Å². The van der Waals surface area contributed by atoms with Crippen molar-refractivity contribution in [3.63, 3.8) is 0 Å². The summed E-state index contributed by atoms with van der Waals surface area (Å²) in [6.07, 6.45) is 0. The van der Waals surface area contributed by atoms with Gasteiger partial charge in [0.15, 0.2) is 11.6 Å². The lowest BCUT2D eigenvalue weighted by atomic mass is 10.3. The van der Waals surface area contributed by atoms with Gasteiger partial charge in [0.2, 0.25) is 5.88 Å². The van der Waals surface area contributed by atoms with E-state index in [1.165, 1.54) is 6.07 Å². The summed E-state index contributed by atoms with van der Waals surface area (Å²) in [7, 11) is 0. The summed E-state index contributed by atoms with van der Waals surface area (Å²) in [6.45, 7) is 4.51. The average molecular weight is 313 g/mol. The zero-order valence-electron chi connectivity index (χ0n) is 11.7. The molecular formula is C15H15ClF2N2O. The van der Waals surface area contributed by atoms with Gasteiger partial charge in [0.25, 0.3) is 0 Å². The van der Waals surface area contributed by atoms with Crippen LogP contribution in [0.5, 0.6) is 11.6 Å². The molecule has 0 atom stereocenters. The smallest absolute Gasteiger partial charge is 0.219 e. The predicted octanol–water partition coefficient (Wildman–Crippen LogP) is 4.30. The molecule has 2 aromatic rings. The second-order valence-corrected chi connectivity index (χ2v) is 5.20. The van der Waals surface area contributed by atoms with Crippen molar-refractivity contribution in [2.45, 2.75) is 26.4 Å². The minimum absolute atomic E-state index is 0.173. The molecule has 21 heavy (non-hydrogen) atoms. The summed E-state index contributed by atoms with van der Waals surface area (Å²) in [5, 5.41) is 3.71. The lowest BCUT2D eigenvalue weighted by Gasteiger charge is -2.11. The van der Waals surface area contributed by atoms with Gasteiger partial charge in [-0.15, -0.1) is 0 Å². The summed E-state index contributed by atoms with van der Waals surface area (Å²) >= 11 is 6.06. The van der Waals surface area contributed by atoms with Crippen molar-refractivity contribution in [1.82, 2.24) is 10.3 Å². The van der Waals surface area contributed by atoms with Crippen LogP contribution in [0.2, 0.25) is 5.02 Å². The molecule has 1 aromatic carbocycles. The van der Waals surface area contributed by atoms with Crippen LogP contribution in [0.1, 0.15) is 19.5 Å². The molecule has 0 aliphatic rings. The largest absolute Gasteiger partial charge is 0.439 e. The Morgan fingerprint density at radius 2 is 1.95 bits per heavy atom. The Morgan fingerprint density at radius 3 is 2.62 bits per heavy atom. The van der Waals surface area contributed by atoms with Crippen LogP contribution in [0.15, 0.2) is 30.3 Å². The maximum Gasteiger partial charge on any atom is 0.219 e. The summed E-state index contributed by atoms with van der Waals surface area (Å²) in [5.41, 5.74) is 0.630. The number of nitrogens with one attached hydrogen (secondary N) is 1. The molecule has 0 amide bonds. The Labute approximate surface area is 126 Å². The summed E-state index contributed by atoms with van der Waals surface area (Å²) in [6, 6.07) is 6.82. The van der Waals surface area contributed by atoms with Crippen molar-refractivity contribution in [1.29, 1.82) is 0 Å². The van der Waals surface area contributed by atoms with Crippen LogP contribution in [0.25, 0.3) is 0 Å². The highest BCUT2D eigenvalue weighted by molar-refractivity contribution is 6.31. The molecule has 0 radical (unpaired) electrons. The van der Waals surface area contributed by atoms with Gasteiger partial charge in [0, 0.05) is 24.7 Å². The van der Waals surface area contributed by atoms with Gasteiger partial charge in [-0.1, -0.05) is 25.4 Å². The Morgan fingerprint density at radius 1 is 1.19 bits per heavy atom. The van der Waals surface area contributed by atoms with E-state index in [9.17, 15) is 8.78 Å². The minimum atomic E-state index is -0.969. The van der Waals surface area contributed by atoms with Gasteiger partial charge >= 0.3 is 0 Å². The molecule has 2 rings (SSSR count). The first-order valence-corrected chi connectivity index (χ1v) is 6.85. The number of rotatable bonds is 5. The van der Waals surface area contributed by atoms with E-state index >= 15 is 0 Å². The number of hydrogen-bond acceptors (Lipinski definition) is 3. The third-order valence-electron chi connectivity index (χ3n) is 2.68. The van der Waals surface area contributed by atoms with Crippen molar-refractivity contribution in [3.05, 3.63) is 52.7 Å². The van der Waals surface area contributed by atoms with Crippen LogP contribution in [-0.4, -0.2) is 11.0 Å². The normalized spacial score (nSPS) is 11.0. The van der Waals surface area contributed by atoms with E-state index in [1.807, 2.05) is 13.8 Å². The molecule has 0 aliphatic carbocycles. The molecule has 0 fully saturated rings. The number of nitrogens with zero attached hydrogens (tertiary/aromatic N) is 1. The summed E-state index contributed by atoms with van der Waals surface area (Å²) < 4.78 is 31.4. The molecule has 3 nitrogen and oxygen atoms in total. The van der Waals surface area contributed by atoms with Crippen LogP contribution in [0.4, 0.5) is 8.78 Å². The van der Waals surface area contributed by atoms with E-state index < -0.39 is 11.6 Å². The van der Waals surface area contributed by atoms with Gasteiger partial charge < -0.3 is 10.1 Å². The lowest BCUT2D eigenvalue weighted by Crippen LogP contribution is -2.22. The zero-order valence-corrected chi connectivity index (χ0v) is 12.4. The molecule has 0 spiro atoms. The highest BCUT2D eigenvalue weighted by atomic mass is 35.5. The number of pyridine rings is 1. The highest BCUT2D eigenvalue weighted by Crippen LogP contribution is 2.24. The van der Waals surface area contributed by atoms with Crippen molar-refractivity contribution < 1.29 is 13.5 Å². The topological polar surface area (TPSA) is 34.2 Å². The zero-order chi connectivity index (χ0) is 15.4. The molecule has 1 heterocycles. The standard InChI is InChI=1S/C15H15ClF2N2O/c1-9(2)19-8-14-11(16)4-6-15(20-14)21-10-3-5-12(17)13(18)7-10/h3-7,9,19H,8H2,1-2H3. The average Bonchev–Trinajstić information content (AvgIpc) is 2.43. The summed E-state index contributed by atoms with van der Waals surface area (Å²) in [5.74, 6) is -1.45. The number of halogens is 3. The maximum absolute atomic E-state index is 13.1. The van der Waals surface area contributed by atoms with E-state index in [0.29, 0.717) is 23.3 Å². The monoisotopic (exact) mass is 312 g/mol. The third kappa shape index (κ3) is 4.37. The van der Waals surface area contributed by atoms with E-state index in [2.05, 4.69) is 10.3 Å². The van der Waals surface area contributed by atoms with Crippen LogP contribution < -0.4 is 10.1 Å². The number of hydrogen-bond donors (Lipinski definition) is 1. The first kappa shape index (κ1) is 15.7. The van der Waals surface area contributed by atoms with Crippen LogP contribution in [-0.2, 0) is 6.54 Å². The summed E-state index contributed by atoms with van der Waals surface area (Å²) in [4.78, 5) is 4.26. The van der Waals surface area contributed by atoms with Crippen molar-refractivity contribution in [2.75, 3.05) is 0 Å².